The van der Waals surface area contributed by atoms with Gasteiger partial charge >= 0.3 is 12.1 Å². The van der Waals surface area contributed by atoms with Crippen molar-refractivity contribution < 1.29 is 24.2 Å². The van der Waals surface area contributed by atoms with E-state index >= 15 is 0 Å². The minimum absolute atomic E-state index is 0.0949. The van der Waals surface area contributed by atoms with Gasteiger partial charge in [-0.3, -0.25) is 0 Å². The summed E-state index contributed by atoms with van der Waals surface area (Å²) < 4.78 is 11.0. The number of nitrogens with one attached hydrogen (secondary N) is 1. The van der Waals surface area contributed by atoms with E-state index in [1.54, 1.807) is 20.8 Å². The highest BCUT2D eigenvalue weighted by Crippen LogP contribution is 2.21. The molecular weight excluding hydrogens is 344 g/mol. The van der Waals surface area contributed by atoms with Crippen LogP contribution in [0.4, 0.5) is 4.79 Å². The second-order valence-corrected chi connectivity index (χ2v) is 6.00. The van der Waals surface area contributed by atoms with Crippen molar-refractivity contribution in [3.05, 3.63) is 22.4 Å². The van der Waals surface area contributed by atoms with E-state index in [1.165, 1.54) is 12.3 Å². The van der Waals surface area contributed by atoms with E-state index in [0.717, 1.165) is 0 Å². The molecule has 116 valence electrons. The molecule has 0 aliphatic heterocycles. The van der Waals surface area contributed by atoms with E-state index in [-0.39, 0.29) is 24.6 Å². The fourth-order valence-corrected chi connectivity index (χ4v) is 1.63. The zero-order valence-corrected chi connectivity index (χ0v) is 13.6. The van der Waals surface area contributed by atoms with Crippen molar-refractivity contribution in [3.8, 4) is 5.75 Å². The number of aromatic carboxylic acids is 1. The highest BCUT2D eigenvalue weighted by atomic mass is 79.9. The Morgan fingerprint density at radius 1 is 1.43 bits per heavy atom. The predicted octanol–water partition coefficient (Wildman–Crippen LogP) is 2.45. The number of carbonyl (C=O) groups is 2. The van der Waals surface area contributed by atoms with Gasteiger partial charge in [-0.25, -0.2) is 14.6 Å². The van der Waals surface area contributed by atoms with Crippen LogP contribution in [0.3, 0.4) is 0 Å². The molecule has 0 saturated carbocycles. The lowest BCUT2D eigenvalue weighted by molar-refractivity contribution is 0.0518. The van der Waals surface area contributed by atoms with Crippen molar-refractivity contribution in [2.45, 2.75) is 26.4 Å². The summed E-state index contributed by atoms with van der Waals surface area (Å²) in [4.78, 5) is 26.1. The van der Waals surface area contributed by atoms with E-state index in [4.69, 9.17) is 14.6 Å². The molecule has 1 amide bonds. The van der Waals surface area contributed by atoms with E-state index in [9.17, 15) is 9.59 Å². The average molecular weight is 361 g/mol. The quantitative estimate of drug-likeness (QED) is 0.782. The van der Waals surface area contributed by atoms with Crippen LogP contribution >= 0.6 is 15.9 Å². The number of amides is 1. The summed E-state index contributed by atoms with van der Waals surface area (Å²) in [6.07, 6.45) is 0.812. The Hall–Kier alpha value is -1.83. The van der Waals surface area contributed by atoms with Crippen LogP contribution in [-0.4, -0.2) is 40.9 Å². The van der Waals surface area contributed by atoms with Crippen LogP contribution in [0.15, 0.2) is 16.7 Å². The molecule has 0 saturated heterocycles. The number of pyridine rings is 1. The number of carboxylic acid groups (broad SMARTS) is 1. The molecule has 0 aliphatic rings. The maximum absolute atomic E-state index is 11.4. The van der Waals surface area contributed by atoms with Crippen molar-refractivity contribution >= 4 is 28.0 Å². The maximum atomic E-state index is 11.4. The van der Waals surface area contributed by atoms with Crippen molar-refractivity contribution in [1.82, 2.24) is 10.3 Å². The summed E-state index contributed by atoms with van der Waals surface area (Å²) in [6, 6.07) is 1.50. The third-order valence-electron chi connectivity index (χ3n) is 2.05. The lowest BCUT2D eigenvalue weighted by Crippen LogP contribution is -2.34. The molecule has 0 aromatic carbocycles. The highest BCUT2D eigenvalue weighted by molar-refractivity contribution is 9.10. The third kappa shape index (κ3) is 6.44. The number of carboxylic acids is 1. The van der Waals surface area contributed by atoms with Crippen LogP contribution in [0, 0.1) is 0 Å². The second kappa shape index (κ2) is 7.26. The van der Waals surface area contributed by atoms with Gasteiger partial charge < -0.3 is 19.9 Å². The van der Waals surface area contributed by atoms with Gasteiger partial charge in [0, 0.05) is 10.7 Å². The fraction of sp³-hybridized carbons (Fsp3) is 0.462. The first-order valence-corrected chi connectivity index (χ1v) is 6.97. The molecule has 0 aliphatic carbocycles. The van der Waals surface area contributed by atoms with Gasteiger partial charge in [-0.05, 0) is 42.8 Å². The number of carbonyl (C=O) groups excluding carboxylic acids is 1. The number of hydrogen-bond acceptors (Lipinski definition) is 5. The first-order valence-electron chi connectivity index (χ1n) is 6.17. The molecule has 8 heteroatoms. The summed E-state index contributed by atoms with van der Waals surface area (Å²) in [7, 11) is 0. The van der Waals surface area contributed by atoms with Gasteiger partial charge in [0.25, 0.3) is 0 Å². The SMILES string of the molecule is CC(C)(C)OC(=O)NCCOc1cc(Br)cnc1C(=O)O. The van der Waals surface area contributed by atoms with Crippen LogP contribution in [0.1, 0.15) is 31.3 Å². The predicted molar refractivity (Wildman–Crippen MR) is 78.6 cm³/mol. The van der Waals surface area contributed by atoms with E-state index in [2.05, 4.69) is 26.2 Å². The second-order valence-electron chi connectivity index (χ2n) is 5.08. The summed E-state index contributed by atoms with van der Waals surface area (Å²) in [5, 5.41) is 11.5. The standard InChI is InChI=1S/C13H17BrN2O5/c1-13(2,3)21-12(19)15-4-5-20-9-6-8(14)7-16-10(9)11(17)18/h6-7H,4-5H2,1-3H3,(H,15,19)(H,17,18). The normalized spacial score (nSPS) is 10.9. The smallest absolute Gasteiger partial charge is 0.407 e. The minimum atomic E-state index is -1.18. The topological polar surface area (TPSA) is 97.8 Å². The Labute approximate surface area is 130 Å². The molecule has 1 rings (SSSR count). The van der Waals surface area contributed by atoms with Gasteiger partial charge in [0.15, 0.2) is 11.4 Å². The van der Waals surface area contributed by atoms with Gasteiger partial charge in [0.2, 0.25) is 0 Å². The first kappa shape index (κ1) is 17.2. The molecule has 0 spiro atoms. The lowest BCUT2D eigenvalue weighted by atomic mass is 10.2. The van der Waals surface area contributed by atoms with Gasteiger partial charge in [0.1, 0.15) is 12.2 Å². The van der Waals surface area contributed by atoms with Gasteiger partial charge in [-0.1, -0.05) is 0 Å². The number of halogens is 1. The van der Waals surface area contributed by atoms with Crippen molar-refractivity contribution in [2.24, 2.45) is 0 Å². The number of ether oxygens (including phenoxy) is 2. The Bertz CT molecular complexity index is 528. The Morgan fingerprint density at radius 2 is 2.10 bits per heavy atom. The summed E-state index contributed by atoms with van der Waals surface area (Å²) in [6.45, 7) is 5.55. The number of nitrogens with zero attached hydrogens (tertiary/aromatic N) is 1. The van der Waals surface area contributed by atoms with E-state index in [0.29, 0.717) is 4.47 Å². The molecule has 1 aromatic rings. The molecule has 0 unspecified atom stereocenters. The lowest BCUT2D eigenvalue weighted by Gasteiger charge is -2.19. The molecular formula is C13H17BrN2O5. The maximum Gasteiger partial charge on any atom is 0.407 e. The van der Waals surface area contributed by atoms with Crippen molar-refractivity contribution in [1.29, 1.82) is 0 Å². The van der Waals surface area contributed by atoms with Crippen molar-refractivity contribution in [3.63, 3.8) is 0 Å². The van der Waals surface area contributed by atoms with Crippen LogP contribution in [-0.2, 0) is 4.74 Å². The molecule has 1 heterocycles. The van der Waals surface area contributed by atoms with Crippen LogP contribution in [0.25, 0.3) is 0 Å². The van der Waals surface area contributed by atoms with Gasteiger partial charge in [-0.15, -0.1) is 0 Å². The summed E-state index contributed by atoms with van der Waals surface area (Å²) in [5.74, 6) is -1.06. The zero-order valence-electron chi connectivity index (χ0n) is 12.0. The molecule has 1 aromatic heterocycles. The number of aromatic nitrogens is 1. The Morgan fingerprint density at radius 3 is 2.67 bits per heavy atom. The fourth-order valence-electron chi connectivity index (χ4n) is 1.32. The molecule has 2 N–H and O–H groups in total. The van der Waals surface area contributed by atoms with Crippen LogP contribution in [0.2, 0.25) is 0 Å². The monoisotopic (exact) mass is 360 g/mol. The van der Waals surface area contributed by atoms with E-state index in [1.807, 2.05) is 0 Å². The molecule has 0 fully saturated rings. The highest BCUT2D eigenvalue weighted by Gasteiger charge is 2.16. The number of alkyl carbamates (subject to hydrolysis) is 1. The van der Waals surface area contributed by atoms with Crippen molar-refractivity contribution in [2.75, 3.05) is 13.2 Å². The summed E-state index contributed by atoms with van der Waals surface area (Å²) in [5.41, 5.74) is -0.759. The Kier molecular flexibility index (Phi) is 5.95. The van der Waals surface area contributed by atoms with E-state index < -0.39 is 17.7 Å². The number of rotatable bonds is 5. The molecule has 21 heavy (non-hydrogen) atoms. The molecule has 0 radical (unpaired) electrons. The molecule has 0 bridgehead atoms. The van der Waals surface area contributed by atoms with Gasteiger partial charge in [-0.2, -0.15) is 0 Å². The minimum Gasteiger partial charge on any atom is -0.489 e. The Balaban J connectivity index is 2.48. The average Bonchev–Trinajstić information content (AvgIpc) is 2.32. The zero-order chi connectivity index (χ0) is 16.0. The van der Waals surface area contributed by atoms with Gasteiger partial charge in [0.05, 0.1) is 6.54 Å². The largest absolute Gasteiger partial charge is 0.489 e. The van der Waals surface area contributed by atoms with Crippen LogP contribution < -0.4 is 10.1 Å². The number of hydrogen-bond donors (Lipinski definition) is 2. The summed E-state index contributed by atoms with van der Waals surface area (Å²) >= 11 is 3.19. The first-order chi connectivity index (χ1) is 9.69. The molecule has 0 atom stereocenters. The molecule has 7 nitrogen and oxygen atoms in total. The van der Waals surface area contributed by atoms with Crippen LogP contribution in [0.5, 0.6) is 5.75 Å². The third-order valence-corrected chi connectivity index (χ3v) is 2.48.